The maximum atomic E-state index is 12.0. The highest BCUT2D eigenvalue weighted by Crippen LogP contribution is 2.20. The molecule has 1 heterocycles. The Bertz CT molecular complexity index is 697. The van der Waals surface area contributed by atoms with Crippen molar-refractivity contribution >= 4 is 17.6 Å². The number of benzene rings is 1. The van der Waals surface area contributed by atoms with E-state index in [0.717, 1.165) is 13.0 Å². The highest BCUT2D eigenvalue weighted by Gasteiger charge is 2.13. The highest BCUT2D eigenvalue weighted by molar-refractivity contribution is 5.93. The molecule has 1 aromatic carbocycles. The zero-order valence-corrected chi connectivity index (χ0v) is 13.9. The molecule has 0 aliphatic carbocycles. The van der Waals surface area contributed by atoms with Gasteiger partial charge in [-0.25, -0.2) is 9.48 Å². The van der Waals surface area contributed by atoms with Crippen molar-refractivity contribution in [1.82, 2.24) is 15.1 Å². The molecule has 0 saturated heterocycles. The number of rotatable bonds is 8. The molecule has 2 N–H and O–H groups in total. The smallest absolute Gasteiger partial charge is 0.358 e. The molecule has 0 bridgehead atoms. The monoisotopic (exact) mass is 330 g/mol. The van der Waals surface area contributed by atoms with Crippen LogP contribution in [0, 0.1) is 0 Å². The van der Waals surface area contributed by atoms with E-state index >= 15 is 0 Å². The molecule has 1 aromatic heterocycles. The molecule has 7 heteroatoms. The summed E-state index contributed by atoms with van der Waals surface area (Å²) < 4.78 is 6.49. The number of carbonyl (C=O) groups excluding carboxylic acids is 2. The number of amides is 1. The molecule has 0 spiro atoms. The zero-order valence-electron chi connectivity index (χ0n) is 13.9. The number of nitrogens with one attached hydrogen (secondary N) is 2. The first-order chi connectivity index (χ1) is 11.7. The number of aromatic nitrogens is 2. The molecular formula is C17H22N4O3. The first-order valence-corrected chi connectivity index (χ1v) is 7.92. The lowest BCUT2D eigenvalue weighted by Gasteiger charge is -2.11. The van der Waals surface area contributed by atoms with Crippen molar-refractivity contribution in [2.45, 2.75) is 19.8 Å². The van der Waals surface area contributed by atoms with Gasteiger partial charge in [0.15, 0.2) is 5.69 Å². The van der Waals surface area contributed by atoms with E-state index in [9.17, 15) is 9.59 Å². The van der Waals surface area contributed by atoms with Crippen LogP contribution in [-0.2, 0) is 9.53 Å². The Balaban J connectivity index is 2.14. The van der Waals surface area contributed by atoms with E-state index in [0.29, 0.717) is 24.4 Å². The first kappa shape index (κ1) is 17.7. The minimum absolute atomic E-state index is 0.0597. The van der Waals surface area contributed by atoms with Crippen molar-refractivity contribution in [2.75, 3.05) is 25.5 Å². The topological polar surface area (TPSA) is 85.2 Å². The highest BCUT2D eigenvalue weighted by atomic mass is 16.5. The van der Waals surface area contributed by atoms with Crippen molar-refractivity contribution < 1.29 is 14.3 Å². The van der Waals surface area contributed by atoms with Gasteiger partial charge in [-0.3, -0.25) is 4.79 Å². The van der Waals surface area contributed by atoms with Crippen LogP contribution in [-0.4, -0.2) is 41.9 Å². The molecule has 0 aliphatic rings. The summed E-state index contributed by atoms with van der Waals surface area (Å²) in [6.45, 7) is 2.83. The van der Waals surface area contributed by atoms with E-state index in [1.54, 1.807) is 29.9 Å². The summed E-state index contributed by atoms with van der Waals surface area (Å²) in [6.07, 6.45) is 2.86. The zero-order chi connectivity index (χ0) is 17.4. The summed E-state index contributed by atoms with van der Waals surface area (Å²) in [4.78, 5) is 23.8. The molecule has 0 aliphatic heterocycles. The number of esters is 1. The molecule has 0 unspecified atom stereocenters. The van der Waals surface area contributed by atoms with Crippen molar-refractivity contribution in [3.63, 3.8) is 0 Å². The molecule has 2 aromatic rings. The summed E-state index contributed by atoms with van der Waals surface area (Å²) in [5.41, 5.74) is 1.56. The lowest BCUT2D eigenvalue weighted by Crippen LogP contribution is -2.16. The van der Waals surface area contributed by atoms with E-state index in [1.807, 2.05) is 25.2 Å². The van der Waals surface area contributed by atoms with E-state index in [2.05, 4.69) is 15.7 Å². The molecule has 0 atom stereocenters. The third-order valence-corrected chi connectivity index (χ3v) is 3.33. The summed E-state index contributed by atoms with van der Waals surface area (Å²) in [5.74, 6) is -0.527. The summed E-state index contributed by atoms with van der Waals surface area (Å²) in [6, 6.07) is 8.89. The molecule has 24 heavy (non-hydrogen) atoms. The van der Waals surface area contributed by atoms with Crippen LogP contribution in [0.15, 0.2) is 36.5 Å². The predicted octanol–water partition coefficient (Wildman–Crippen LogP) is 1.99. The van der Waals surface area contributed by atoms with Gasteiger partial charge in [0.25, 0.3) is 0 Å². The molecule has 1 amide bonds. The van der Waals surface area contributed by atoms with E-state index in [-0.39, 0.29) is 11.6 Å². The fraction of sp³-hybridized carbons (Fsp3) is 0.353. The van der Waals surface area contributed by atoms with Crippen LogP contribution in [0.4, 0.5) is 5.69 Å². The van der Waals surface area contributed by atoms with Crippen molar-refractivity contribution in [3.8, 4) is 5.69 Å². The summed E-state index contributed by atoms with van der Waals surface area (Å²) in [5, 5.41) is 10.1. The summed E-state index contributed by atoms with van der Waals surface area (Å²) >= 11 is 0. The summed E-state index contributed by atoms with van der Waals surface area (Å²) in [7, 11) is 1.85. The number of carbonyl (C=O) groups is 2. The molecule has 128 valence electrons. The number of ether oxygens (including phenoxy) is 1. The lowest BCUT2D eigenvalue weighted by molar-refractivity contribution is -0.116. The fourth-order valence-electron chi connectivity index (χ4n) is 2.19. The second kappa shape index (κ2) is 8.83. The number of nitrogens with zero attached hydrogens (tertiary/aromatic N) is 2. The molecular weight excluding hydrogens is 308 g/mol. The van der Waals surface area contributed by atoms with Crippen LogP contribution in [0.2, 0.25) is 0 Å². The van der Waals surface area contributed by atoms with Crippen molar-refractivity contribution in [1.29, 1.82) is 0 Å². The lowest BCUT2D eigenvalue weighted by atomic mass is 10.2. The third-order valence-electron chi connectivity index (χ3n) is 3.33. The van der Waals surface area contributed by atoms with Crippen molar-refractivity contribution in [2.24, 2.45) is 0 Å². The van der Waals surface area contributed by atoms with Gasteiger partial charge in [-0.15, -0.1) is 0 Å². The maximum absolute atomic E-state index is 12.0. The Morgan fingerprint density at radius 1 is 1.25 bits per heavy atom. The van der Waals surface area contributed by atoms with Crippen LogP contribution in [0.5, 0.6) is 0 Å². The minimum atomic E-state index is -0.468. The number of para-hydroxylation sites is 2. The average molecular weight is 330 g/mol. The maximum Gasteiger partial charge on any atom is 0.358 e. The second-order valence-corrected chi connectivity index (χ2v) is 5.14. The van der Waals surface area contributed by atoms with Gasteiger partial charge in [0.1, 0.15) is 0 Å². The standard InChI is InChI=1S/C17H22N4O3/c1-3-24-17(23)14-10-12-21(20-14)15-8-5-4-7-13(15)19-16(22)9-6-11-18-2/h4-5,7-8,10,12,18H,3,6,9,11H2,1-2H3,(H,19,22). The molecule has 0 saturated carbocycles. The Labute approximate surface area is 141 Å². The number of hydrogen-bond donors (Lipinski definition) is 2. The molecule has 7 nitrogen and oxygen atoms in total. The van der Waals surface area contributed by atoms with Gasteiger partial charge in [-0.05, 0) is 45.1 Å². The van der Waals surface area contributed by atoms with Crippen LogP contribution in [0.3, 0.4) is 0 Å². The molecule has 0 fully saturated rings. The Hall–Kier alpha value is -2.67. The molecule has 0 radical (unpaired) electrons. The molecule has 2 rings (SSSR count). The van der Waals surface area contributed by atoms with Gasteiger partial charge in [0, 0.05) is 12.6 Å². The van der Waals surface area contributed by atoms with Crippen LogP contribution in [0.1, 0.15) is 30.3 Å². The van der Waals surface area contributed by atoms with Crippen LogP contribution < -0.4 is 10.6 Å². The number of hydrogen-bond acceptors (Lipinski definition) is 5. The third kappa shape index (κ3) is 4.66. The Morgan fingerprint density at radius 2 is 2.04 bits per heavy atom. The van der Waals surface area contributed by atoms with Gasteiger partial charge in [-0.1, -0.05) is 12.1 Å². The second-order valence-electron chi connectivity index (χ2n) is 5.14. The van der Waals surface area contributed by atoms with E-state index < -0.39 is 5.97 Å². The Morgan fingerprint density at radius 3 is 2.79 bits per heavy atom. The van der Waals surface area contributed by atoms with Crippen LogP contribution in [0.25, 0.3) is 5.69 Å². The average Bonchev–Trinajstić information content (AvgIpc) is 3.06. The SMILES string of the molecule is CCOC(=O)c1ccn(-c2ccccc2NC(=O)CCCNC)n1. The quantitative estimate of drug-likeness (QED) is 0.571. The minimum Gasteiger partial charge on any atom is -0.461 e. The normalized spacial score (nSPS) is 10.4. The van der Waals surface area contributed by atoms with Gasteiger partial charge in [0.2, 0.25) is 5.91 Å². The first-order valence-electron chi connectivity index (χ1n) is 7.92. The number of anilines is 1. The van der Waals surface area contributed by atoms with Crippen molar-refractivity contribution in [3.05, 3.63) is 42.2 Å². The van der Waals surface area contributed by atoms with E-state index in [1.165, 1.54) is 0 Å². The predicted molar refractivity (Wildman–Crippen MR) is 91.3 cm³/mol. The van der Waals surface area contributed by atoms with Gasteiger partial charge < -0.3 is 15.4 Å². The van der Waals surface area contributed by atoms with Gasteiger partial charge in [0.05, 0.1) is 18.0 Å². The largest absolute Gasteiger partial charge is 0.461 e. The fourth-order valence-corrected chi connectivity index (χ4v) is 2.19. The van der Waals surface area contributed by atoms with Crippen LogP contribution >= 0.6 is 0 Å². The van der Waals surface area contributed by atoms with Gasteiger partial charge >= 0.3 is 5.97 Å². The van der Waals surface area contributed by atoms with E-state index in [4.69, 9.17) is 4.74 Å². The van der Waals surface area contributed by atoms with Gasteiger partial charge in [-0.2, -0.15) is 5.10 Å². The Kier molecular flexibility index (Phi) is 6.51.